The molecule has 0 aliphatic rings. The van der Waals surface area contributed by atoms with Crippen LogP contribution in [0.5, 0.6) is 5.75 Å². The summed E-state index contributed by atoms with van der Waals surface area (Å²) in [7, 11) is -1.81. The highest BCUT2D eigenvalue weighted by Crippen LogP contribution is 2.26. The van der Waals surface area contributed by atoms with Crippen LogP contribution in [0.4, 0.5) is 11.4 Å². The molecule has 0 aliphatic carbocycles. The second-order valence-corrected chi connectivity index (χ2v) is 8.93. The van der Waals surface area contributed by atoms with Crippen molar-refractivity contribution in [2.75, 3.05) is 28.7 Å². The number of anilines is 2. The minimum atomic E-state index is -3.34. The normalized spacial score (nSPS) is 11.1. The fraction of sp³-hybridized carbons (Fsp3) is 0.211. The van der Waals surface area contributed by atoms with Crippen LogP contribution < -0.4 is 14.8 Å². The number of amides is 1. The number of hydrogen-bond donors (Lipinski definition) is 2. The van der Waals surface area contributed by atoms with Gasteiger partial charge in [0.05, 0.1) is 24.3 Å². The molecule has 0 bridgehead atoms. The van der Waals surface area contributed by atoms with E-state index in [1.54, 1.807) is 49.4 Å². The predicted octanol–water partition coefficient (Wildman–Crippen LogP) is 3.24. The third-order valence-electron chi connectivity index (χ3n) is 3.90. The number of hydrogen-bond acceptors (Lipinski definition) is 8. The van der Waals surface area contributed by atoms with E-state index in [9.17, 15) is 13.2 Å². The van der Waals surface area contributed by atoms with Gasteiger partial charge in [-0.25, -0.2) is 8.42 Å². The van der Waals surface area contributed by atoms with Gasteiger partial charge >= 0.3 is 0 Å². The summed E-state index contributed by atoms with van der Waals surface area (Å²) in [6.07, 6.45) is 0. The summed E-state index contributed by atoms with van der Waals surface area (Å²) in [6.45, 7) is 1.56. The molecule has 0 atom stereocenters. The number of nitrogens with one attached hydrogen (secondary N) is 2. The lowest BCUT2D eigenvalue weighted by molar-refractivity contribution is -0.113. The van der Waals surface area contributed by atoms with Crippen LogP contribution in [-0.2, 0) is 14.8 Å². The Morgan fingerprint density at radius 1 is 1.13 bits per heavy atom. The van der Waals surface area contributed by atoms with Gasteiger partial charge in [-0.15, -0.1) is 10.2 Å². The molecular weight excluding hydrogens is 428 g/mol. The molecule has 1 aromatic heterocycles. The van der Waals surface area contributed by atoms with E-state index in [-0.39, 0.29) is 28.5 Å². The second kappa shape index (κ2) is 9.63. The number of rotatable bonds is 9. The number of carbonyl (C=O) groups excluding carboxylic acids is 1. The first-order chi connectivity index (χ1) is 14.4. The Kier molecular flexibility index (Phi) is 6.95. The van der Waals surface area contributed by atoms with Gasteiger partial charge in [-0.3, -0.25) is 9.52 Å². The molecule has 0 radical (unpaired) electrons. The second-order valence-electron chi connectivity index (χ2n) is 5.99. The van der Waals surface area contributed by atoms with E-state index in [2.05, 4.69) is 20.2 Å². The molecule has 1 heterocycles. The van der Waals surface area contributed by atoms with Gasteiger partial charge in [0.1, 0.15) is 5.75 Å². The summed E-state index contributed by atoms with van der Waals surface area (Å²) in [4.78, 5) is 12.2. The molecule has 0 aliphatic heterocycles. The van der Waals surface area contributed by atoms with Crippen LogP contribution in [0.25, 0.3) is 11.5 Å². The summed E-state index contributed by atoms with van der Waals surface area (Å²) >= 11 is 1.11. The molecule has 0 saturated heterocycles. The number of ether oxygens (including phenoxy) is 1. The number of benzene rings is 2. The third kappa shape index (κ3) is 5.74. The zero-order valence-electron chi connectivity index (χ0n) is 16.3. The third-order valence-corrected chi connectivity index (χ3v) is 6.02. The number of nitrogens with zero attached hydrogens (tertiary/aromatic N) is 2. The van der Waals surface area contributed by atoms with Gasteiger partial charge in [-0.1, -0.05) is 23.9 Å². The maximum Gasteiger partial charge on any atom is 0.277 e. The SMILES string of the molecule is CCS(=O)(=O)Nc1ccc(-c2nnc(SCC(=O)Nc3ccccc3OC)o2)cc1. The maximum absolute atomic E-state index is 12.2. The Morgan fingerprint density at radius 2 is 1.87 bits per heavy atom. The van der Waals surface area contributed by atoms with Gasteiger partial charge in [-0.05, 0) is 43.3 Å². The first-order valence-electron chi connectivity index (χ1n) is 8.90. The molecule has 9 nitrogen and oxygen atoms in total. The molecule has 1 amide bonds. The van der Waals surface area contributed by atoms with Crippen LogP contribution in [0, 0.1) is 0 Å². The van der Waals surface area contributed by atoms with Crippen LogP contribution in [0.2, 0.25) is 0 Å². The van der Waals surface area contributed by atoms with Crippen molar-refractivity contribution in [1.82, 2.24) is 10.2 Å². The number of sulfonamides is 1. The average Bonchev–Trinajstić information content (AvgIpc) is 3.22. The van der Waals surface area contributed by atoms with E-state index in [1.165, 1.54) is 7.11 Å². The van der Waals surface area contributed by atoms with Crippen molar-refractivity contribution in [3.05, 3.63) is 48.5 Å². The van der Waals surface area contributed by atoms with Crippen molar-refractivity contribution >= 4 is 39.1 Å². The summed E-state index contributed by atoms with van der Waals surface area (Å²) in [6, 6.07) is 13.7. The van der Waals surface area contributed by atoms with Crippen molar-refractivity contribution in [3.63, 3.8) is 0 Å². The summed E-state index contributed by atoms with van der Waals surface area (Å²) in [5.41, 5.74) is 1.66. The summed E-state index contributed by atoms with van der Waals surface area (Å²) in [5.74, 6) is 0.672. The maximum atomic E-state index is 12.2. The minimum Gasteiger partial charge on any atom is -0.495 e. The van der Waals surface area contributed by atoms with Crippen LogP contribution >= 0.6 is 11.8 Å². The topological polar surface area (TPSA) is 123 Å². The fourth-order valence-corrected chi connectivity index (χ4v) is 3.58. The first-order valence-corrected chi connectivity index (χ1v) is 11.5. The van der Waals surface area contributed by atoms with Crippen LogP contribution in [0.3, 0.4) is 0 Å². The molecule has 0 unspecified atom stereocenters. The lowest BCUT2D eigenvalue weighted by Crippen LogP contribution is -2.14. The summed E-state index contributed by atoms with van der Waals surface area (Å²) in [5, 5.41) is 10.9. The molecule has 3 rings (SSSR count). The number of aromatic nitrogens is 2. The van der Waals surface area contributed by atoms with E-state index in [1.807, 2.05) is 6.07 Å². The minimum absolute atomic E-state index is 0.0103. The highest BCUT2D eigenvalue weighted by molar-refractivity contribution is 7.99. The van der Waals surface area contributed by atoms with E-state index >= 15 is 0 Å². The molecule has 2 aromatic carbocycles. The summed E-state index contributed by atoms with van der Waals surface area (Å²) < 4.78 is 36.5. The van der Waals surface area contributed by atoms with Crippen molar-refractivity contribution < 1.29 is 22.4 Å². The van der Waals surface area contributed by atoms with Crippen LogP contribution in [0.1, 0.15) is 6.92 Å². The molecule has 0 saturated carbocycles. The van der Waals surface area contributed by atoms with Crippen molar-refractivity contribution in [3.8, 4) is 17.2 Å². The number of para-hydroxylation sites is 2. The molecule has 0 spiro atoms. The van der Waals surface area contributed by atoms with E-state index in [4.69, 9.17) is 9.15 Å². The largest absolute Gasteiger partial charge is 0.495 e. The van der Waals surface area contributed by atoms with Gasteiger partial charge < -0.3 is 14.5 Å². The Labute approximate surface area is 178 Å². The molecule has 158 valence electrons. The zero-order valence-corrected chi connectivity index (χ0v) is 17.9. The first kappa shape index (κ1) is 21.7. The zero-order chi connectivity index (χ0) is 21.6. The Balaban J connectivity index is 1.58. The van der Waals surface area contributed by atoms with Gasteiger partial charge in [-0.2, -0.15) is 0 Å². The van der Waals surface area contributed by atoms with Gasteiger partial charge in [0, 0.05) is 11.3 Å². The molecule has 11 heteroatoms. The number of thioether (sulfide) groups is 1. The van der Waals surface area contributed by atoms with E-state index in [0.717, 1.165) is 11.8 Å². The van der Waals surface area contributed by atoms with E-state index in [0.29, 0.717) is 22.7 Å². The van der Waals surface area contributed by atoms with Crippen molar-refractivity contribution in [2.45, 2.75) is 12.1 Å². The Morgan fingerprint density at radius 3 is 2.57 bits per heavy atom. The lowest BCUT2D eigenvalue weighted by Gasteiger charge is -2.08. The highest BCUT2D eigenvalue weighted by Gasteiger charge is 2.13. The highest BCUT2D eigenvalue weighted by atomic mass is 32.2. The number of carbonyl (C=O) groups is 1. The standard InChI is InChI=1S/C19H20N4O5S2/c1-3-30(25,26)23-14-10-8-13(9-11-14)18-21-22-19(28-18)29-12-17(24)20-15-6-4-5-7-16(15)27-2/h4-11,23H,3,12H2,1-2H3,(H,20,24). The van der Waals surface area contributed by atoms with Gasteiger partial charge in [0.2, 0.25) is 21.8 Å². The van der Waals surface area contributed by atoms with Crippen molar-refractivity contribution in [2.24, 2.45) is 0 Å². The molecule has 3 aromatic rings. The molecule has 30 heavy (non-hydrogen) atoms. The molecule has 0 fully saturated rings. The average molecular weight is 449 g/mol. The smallest absolute Gasteiger partial charge is 0.277 e. The lowest BCUT2D eigenvalue weighted by atomic mass is 10.2. The van der Waals surface area contributed by atoms with Crippen LogP contribution in [-0.4, -0.2) is 43.1 Å². The molecule has 2 N–H and O–H groups in total. The Bertz CT molecular complexity index is 1110. The Hall–Kier alpha value is -3.05. The molecular formula is C19H20N4O5S2. The fourth-order valence-electron chi connectivity index (χ4n) is 2.38. The van der Waals surface area contributed by atoms with E-state index < -0.39 is 10.0 Å². The predicted molar refractivity (Wildman–Crippen MR) is 115 cm³/mol. The number of methoxy groups -OCH3 is 1. The monoisotopic (exact) mass is 448 g/mol. The quantitative estimate of drug-likeness (QED) is 0.478. The van der Waals surface area contributed by atoms with Gasteiger partial charge in [0.15, 0.2) is 0 Å². The van der Waals surface area contributed by atoms with Crippen LogP contribution in [0.15, 0.2) is 58.2 Å². The van der Waals surface area contributed by atoms with Crippen molar-refractivity contribution in [1.29, 1.82) is 0 Å². The van der Waals surface area contributed by atoms with Gasteiger partial charge in [0.25, 0.3) is 5.22 Å².